The number of nitrogens with zero attached hydrogens (tertiary/aromatic N) is 2. The molecule has 0 saturated carbocycles. The second-order valence-corrected chi connectivity index (χ2v) is 5.79. The minimum absolute atomic E-state index is 0.0200. The van der Waals surface area contributed by atoms with E-state index in [0.29, 0.717) is 26.2 Å². The normalized spacial score (nSPS) is 21.8. The lowest BCUT2D eigenvalue weighted by atomic mass is 10.1. The van der Waals surface area contributed by atoms with Gasteiger partial charge in [0.05, 0.1) is 31.8 Å². The Morgan fingerprint density at radius 1 is 1.55 bits per heavy atom. The smallest absolute Gasteiger partial charge is 0.224 e. The summed E-state index contributed by atoms with van der Waals surface area (Å²) in [5, 5.41) is 3.03. The molecule has 2 rings (SSSR count). The number of ether oxygens (including phenoxy) is 2. The summed E-state index contributed by atoms with van der Waals surface area (Å²) in [5.74, 6) is -0.0234. The maximum absolute atomic E-state index is 12.2. The second kappa shape index (κ2) is 8.82. The first-order valence-electron chi connectivity index (χ1n) is 7.67. The van der Waals surface area contributed by atoms with Gasteiger partial charge in [0.2, 0.25) is 5.91 Å². The lowest BCUT2D eigenvalue weighted by Gasteiger charge is -2.32. The van der Waals surface area contributed by atoms with Crippen molar-refractivity contribution in [3.8, 4) is 0 Å². The molecule has 22 heavy (non-hydrogen) atoms. The van der Waals surface area contributed by atoms with Crippen LogP contribution in [0.1, 0.15) is 12.0 Å². The van der Waals surface area contributed by atoms with Gasteiger partial charge < -0.3 is 19.7 Å². The van der Waals surface area contributed by atoms with Crippen LogP contribution in [-0.4, -0.2) is 68.4 Å². The molecule has 1 saturated heterocycles. The van der Waals surface area contributed by atoms with E-state index in [1.54, 1.807) is 12.4 Å². The minimum atomic E-state index is -0.0833. The van der Waals surface area contributed by atoms with Gasteiger partial charge in [-0.05, 0) is 32.1 Å². The van der Waals surface area contributed by atoms with E-state index in [-0.39, 0.29) is 18.1 Å². The van der Waals surface area contributed by atoms with Crippen LogP contribution in [0.4, 0.5) is 0 Å². The maximum Gasteiger partial charge on any atom is 0.224 e. The topological polar surface area (TPSA) is 63.7 Å². The molecule has 0 spiro atoms. The summed E-state index contributed by atoms with van der Waals surface area (Å²) in [7, 11) is 4.03. The predicted octanol–water partition coefficient (Wildman–Crippen LogP) is 0.476. The van der Waals surface area contributed by atoms with Crippen LogP contribution < -0.4 is 5.32 Å². The van der Waals surface area contributed by atoms with Gasteiger partial charge in [0.25, 0.3) is 0 Å². The van der Waals surface area contributed by atoms with Gasteiger partial charge in [-0.15, -0.1) is 0 Å². The van der Waals surface area contributed by atoms with Crippen molar-refractivity contribution in [1.29, 1.82) is 0 Å². The molecule has 1 aliphatic heterocycles. The van der Waals surface area contributed by atoms with E-state index < -0.39 is 0 Å². The van der Waals surface area contributed by atoms with Gasteiger partial charge in [-0.2, -0.15) is 0 Å². The number of carbonyl (C=O) groups is 1. The molecule has 2 heterocycles. The number of aromatic nitrogens is 1. The van der Waals surface area contributed by atoms with Crippen molar-refractivity contribution < 1.29 is 14.3 Å². The molecule has 0 unspecified atom stereocenters. The van der Waals surface area contributed by atoms with Gasteiger partial charge in [0.15, 0.2) is 0 Å². The van der Waals surface area contributed by atoms with Crippen LogP contribution in [0.25, 0.3) is 0 Å². The van der Waals surface area contributed by atoms with E-state index in [9.17, 15) is 4.79 Å². The number of pyridine rings is 1. The van der Waals surface area contributed by atoms with Gasteiger partial charge in [-0.25, -0.2) is 0 Å². The van der Waals surface area contributed by atoms with Crippen LogP contribution in [0.5, 0.6) is 0 Å². The molecule has 2 atom stereocenters. The summed E-state index contributed by atoms with van der Waals surface area (Å²) in [6, 6.07) is 3.65. The van der Waals surface area contributed by atoms with E-state index in [1.165, 1.54) is 0 Å². The Morgan fingerprint density at radius 3 is 3.14 bits per heavy atom. The molecule has 0 radical (unpaired) electrons. The first-order valence-corrected chi connectivity index (χ1v) is 7.67. The summed E-state index contributed by atoms with van der Waals surface area (Å²) in [6.07, 6.45) is 4.57. The summed E-state index contributed by atoms with van der Waals surface area (Å²) in [6.45, 7) is 2.72. The van der Waals surface area contributed by atoms with Crippen LogP contribution in [0.15, 0.2) is 24.5 Å². The van der Waals surface area contributed by atoms with Crippen molar-refractivity contribution in [2.24, 2.45) is 0 Å². The van der Waals surface area contributed by atoms with Crippen molar-refractivity contribution >= 4 is 5.91 Å². The monoisotopic (exact) mass is 307 g/mol. The van der Waals surface area contributed by atoms with E-state index >= 15 is 0 Å². The third kappa shape index (κ3) is 5.71. The van der Waals surface area contributed by atoms with E-state index in [4.69, 9.17) is 9.47 Å². The highest BCUT2D eigenvalue weighted by molar-refractivity contribution is 5.78. The van der Waals surface area contributed by atoms with Crippen LogP contribution in [0.3, 0.4) is 0 Å². The van der Waals surface area contributed by atoms with Crippen LogP contribution >= 0.6 is 0 Å². The number of nitrogens with one attached hydrogen (secondary N) is 1. The van der Waals surface area contributed by atoms with Crippen LogP contribution in [0, 0.1) is 0 Å². The second-order valence-electron chi connectivity index (χ2n) is 5.79. The Hall–Kier alpha value is -1.50. The Kier molecular flexibility index (Phi) is 6.76. The highest BCUT2D eigenvalue weighted by atomic mass is 16.5. The van der Waals surface area contributed by atoms with Crippen molar-refractivity contribution in [2.45, 2.75) is 25.0 Å². The predicted molar refractivity (Wildman–Crippen MR) is 83.6 cm³/mol. The minimum Gasteiger partial charge on any atom is -0.379 e. The number of hydrogen-bond donors (Lipinski definition) is 1. The molecule has 0 bridgehead atoms. The number of likely N-dealkylation sites (N-methyl/N-ethyl adjacent to an activating group) is 1. The van der Waals surface area contributed by atoms with Crippen molar-refractivity contribution in [3.63, 3.8) is 0 Å². The molecule has 6 nitrogen and oxygen atoms in total. The molecule has 1 aliphatic rings. The Morgan fingerprint density at radius 2 is 2.41 bits per heavy atom. The lowest BCUT2D eigenvalue weighted by Crippen LogP contribution is -2.51. The highest BCUT2D eigenvalue weighted by Gasteiger charge is 2.27. The molecule has 0 aliphatic carbocycles. The number of carbonyl (C=O) groups excluding carboxylic acids is 1. The first-order chi connectivity index (χ1) is 10.6. The number of amides is 1. The lowest BCUT2D eigenvalue weighted by molar-refractivity contribution is -0.125. The first kappa shape index (κ1) is 16.9. The van der Waals surface area contributed by atoms with E-state index in [1.807, 2.05) is 26.2 Å². The fourth-order valence-corrected chi connectivity index (χ4v) is 2.38. The highest BCUT2D eigenvalue weighted by Crippen LogP contribution is 2.12. The zero-order valence-corrected chi connectivity index (χ0v) is 13.3. The van der Waals surface area contributed by atoms with Gasteiger partial charge in [-0.1, -0.05) is 6.07 Å². The van der Waals surface area contributed by atoms with E-state index in [0.717, 1.165) is 18.5 Å². The standard InChI is InChI=1S/C16H25N3O3/c1-19(2)7-9-22-15-5-8-21-12-14(15)18-16(20)10-13-4-3-6-17-11-13/h3-4,6,11,14-15H,5,7-10,12H2,1-2H3,(H,18,20)/t14-,15+/m1/s1. The van der Waals surface area contributed by atoms with Gasteiger partial charge in [0, 0.05) is 25.5 Å². The molecule has 0 aromatic carbocycles. The molecule has 1 N–H and O–H groups in total. The molecular formula is C16H25N3O3. The maximum atomic E-state index is 12.2. The van der Waals surface area contributed by atoms with Gasteiger partial charge in [0.1, 0.15) is 0 Å². The van der Waals surface area contributed by atoms with Gasteiger partial charge >= 0.3 is 0 Å². The third-order valence-electron chi connectivity index (χ3n) is 3.60. The number of rotatable bonds is 7. The molecule has 1 aromatic rings. The SMILES string of the molecule is CN(C)CCO[C@H]1CCOC[C@H]1NC(=O)Cc1cccnc1. The Balaban J connectivity index is 1.81. The summed E-state index contributed by atoms with van der Waals surface area (Å²) >= 11 is 0. The molecule has 1 amide bonds. The third-order valence-corrected chi connectivity index (χ3v) is 3.60. The fourth-order valence-electron chi connectivity index (χ4n) is 2.38. The number of hydrogen-bond acceptors (Lipinski definition) is 5. The van der Waals surface area contributed by atoms with Crippen molar-refractivity contribution in [2.75, 3.05) is 40.5 Å². The quantitative estimate of drug-likeness (QED) is 0.794. The van der Waals surface area contributed by atoms with Crippen molar-refractivity contribution in [1.82, 2.24) is 15.2 Å². The average molecular weight is 307 g/mol. The van der Waals surface area contributed by atoms with Crippen molar-refractivity contribution in [3.05, 3.63) is 30.1 Å². The molecular weight excluding hydrogens is 282 g/mol. The van der Waals surface area contributed by atoms with Crippen LogP contribution in [-0.2, 0) is 20.7 Å². The molecule has 1 aromatic heterocycles. The Bertz CT molecular complexity index is 453. The summed E-state index contributed by atoms with van der Waals surface area (Å²) < 4.78 is 11.4. The van der Waals surface area contributed by atoms with E-state index in [2.05, 4.69) is 15.2 Å². The summed E-state index contributed by atoms with van der Waals surface area (Å²) in [5.41, 5.74) is 0.904. The Labute approximate surface area is 131 Å². The van der Waals surface area contributed by atoms with Crippen LogP contribution in [0.2, 0.25) is 0 Å². The zero-order chi connectivity index (χ0) is 15.8. The average Bonchev–Trinajstić information content (AvgIpc) is 2.49. The fraction of sp³-hybridized carbons (Fsp3) is 0.625. The molecule has 1 fully saturated rings. The summed E-state index contributed by atoms with van der Waals surface area (Å²) in [4.78, 5) is 18.3. The molecule has 6 heteroatoms. The zero-order valence-electron chi connectivity index (χ0n) is 13.3. The van der Waals surface area contributed by atoms with Gasteiger partial charge in [-0.3, -0.25) is 9.78 Å². The largest absolute Gasteiger partial charge is 0.379 e. The molecule has 122 valence electrons.